The quantitative estimate of drug-likeness (QED) is 0.473. The average Bonchev–Trinajstić information content (AvgIpc) is 2.34. The van der Waals surface area contributed by atoms with Gasteiger partial charge in [-0.1, -0.05) is 52.5 Å². The molecule has 2 aromatic rings. The molecule has 0 aliphatic carbocycles. The van der Waals surface area contributed by atoms with Gasteiger partial charge in [0, 0.05) is 10.7 Å². The van der Waals surface area contributed by atoms with E-state index in [1.54, 1.807) is 18.2 Å². The summed E-state index contributed by atoms with van der Waals surface area (Å²) in [4.78, 5) is -0.180. The van der Waals surface area contributed by atoms with Gasteiger partial charge < -0.3 is 0 Å². The number of hydrogen-bond donors (Lipinski definition) is 0. The molecule has 0 amide bonds. The smallest absolute Gasteiger partial charge is 0.207 e. The minimum atomic E-state index is -3.94. The van der Waals surface area contributed by atoms with E-state index in [9.17, 15) is 8.42 Å². The Labute approximate surface area is 140 Å². The molecule has 0 aromatic heterocycles. The molecule has 0 aliphatic heterocycles. The Balaban J connectivity index is 2.66. The summed E-state index contributed by atoms with van der Waals surface area (Å²) in [6.07, 6.45) is 0. The highest BCUT2D eigenvalue weighted by molar-refractivity contribution is 8.13. The third kappa shape index (κ3) is 3.35. The molecule has 20 heavy (non-hydrogen) atoms. The lowest BCUT2D eigenvalue weighted by molar-refractivity contribution is 0.609. The number of benzene rings is 2. The van der Waals surface area contributed by atoms with Crippen LogP contribution in [0.15, 0.2) is 35.2 Å². The van der Waals surface area contributed by atoms with Crippen molar-refractivity contribution >= 4 is 66.1 Å². The van der Waals surface area contributed by atoms with Crippen molar-refractivity contribution in [3.63, 3.8) is 0 Å². The summed E-state index contributed by atoms with van der Waals surface area (Å²) in [5, 5.41) is 0.796. The predicted molar refractivity (Wildman–Crippen MR) is 85.0 cm³/mol. The first kappa shape index (κ1) is 16.2. The molecule has 0 radical (unpaired) electrons. The van der Waals surface area contributed by atoms with Crippen LogP contribution in [0, 0.1) is 0 Å². The van der Waals surface area contributed by atoms with Crippen molar-refractivity contribution in [2.24, 2.45) is 0 Å². The van der Waals surface area contributed by atoms with Crippen molar-refractivity contribution in [1.82, 2.24) is 0 Å². The molecule has 0 atom stereocenters. The van der Waals surface area contributed by atoms with Crippen LogP contribution in [0.4, 0.5) is 0 Å². The Kier molecular flexibility index (Phi) is 4.80. The van der Waals surface area contributed by atoms with E-state index < -0.39 is 9.05 Å². The van der Waals surface area contributed by atoms with Gasteiger partial charge in [-0.3, -0.25) is 0 Å². The fourth-order valence-electron chi connectivity index (χ4n) is 1.59. The monoisotopic (exact) mass is 388 g/mol. The maximum Gasteiger partial charge on any atom is 0.262 e. The Hall–Kier alpha value is -0.160. The van der Waals surface area contributed by atoms with E-state index >= 15 is 0 Å². The molecule has 2 aromatic carbocycles. The van der Waals surface area contributed by atoms with E-state index in [0.29, 0.717) is 11.1 Å². The lowest BCUT2D eigenvalue weighted by atomic mass is 10.1. The third-order valence-corrected chi connectivity index (χ3v) is 5.51. The van der Waals surface area contributed by atoms with Crippen LogP contribution in [0.1, 0.15) is 0 Å². The molecule has 0 saturated carbocycles. The molecule has 0 heterocycles. The van der Waals surface area contributed by atoms with E-state index in [1.165, 1.54) is 12.1 Å². The van der Waals surface area contributed by atoms with Crippen molar-refractivity contribution < 1.29 is 8.42 Å². The van der Waals surface area contributed by atoms with Gasteiger partial charge in [0.1, 0.15) is 4.90 Å². The van der Waals surface area contributed by atoms with Gasteiger partial charge in [-0.25, -0.2) is 8.42 Å². The summed E-state index contributed by atoms with van der Waals surface area (Å²) in [6, 6.07) is 7.56. The number of rotatable bonds is 2. The third-order valence-electron chi connectivity index (χ3n) is 2.51. The van der Waals surface area contributed by atoms with Gasteiger partial charge in [0.15, 0.2) is 0 Å². The Morgan fingerprint density at radius 2 is 1.30 bits per heavy atom. The van der Waals surface area contributed by atoms with Gasteiger partial charge in [-0.2, -0.15) is 0 Å². The zero-order chi connectivity index (χ0) is 15.1. The number of halogens is 5. The second-order valence-electron chi connectivity index (χ2n) is 3.84. The predicted octanol–water partition coefficient (Wildman–Crippen LogP) is 5.89. The summed E-state index contributed by atoms with van der Waals surface area (Å²) in [6.45, 7) is 0. The molecule has 0 saturated heterocycles. The summed E-state index contributed by atoms with van der Waals surface area (Å²) >= 11 is 23.6. The lowest BCUT2D eigenvalue weighted by Crippen LogP contribution is -1.93. The van der Waals surface area contributed by atoms with Crippen molar-refractivity contribution in [3.05, 3.63) is 50.4 Å². The summed E-state index contributed by atoms with van der Waals surface area (Å²) in [5.74, 6) is 0. The molecule has 0 unspecified atom stereocenters. The zero-order valence-corrected chi connectivity index (χ0v) is 14.1. The average molecular weight is 391 g/mol. The van der Waals surface area contributed by atoms with Gasteiger partial charge in [0.05, 0.1) is 20.1 Å². The first-order valence-corrected chi connectivity index (χ1v) is 8.91. The Morgan fingerprint density at radius 3 is 1.80 bits per heavy atom. The molecule has 8 heteroatoms. The topological polar surface area (TPSA) is 34.1 Å². The second-order valence-corrected chi connectivity index (χ2v) is 7.97. The maximum atomic E-state index is 11.4. The Bertz CT molecular complexity index is 763. The fraction of sp³-hybridized carbons (Fsp3) is 0. The highest BCUT2D eigenvalue weighted by Crippen LogP contribution is 2.37. The van der Waals surface area contributed by atoms with Gasteiger partial charge in [-0.15, -0.1) is 0 Å². The molecule has 0 aliphatic rings. The van der Waals surface area contributed by atoms with Crippen LogP contribution in [0.2, 0.25) is 20.1 Å². The highest BCUT2D eigenvalue weighted by atomic mass is 35.7. The molecule has 0 N–H and O–H groups in total. The van der Waals surface area contributed by atoms with Crippen LogP contribution in [0.5, 0.6) is 0 Å². The van der Waals surface area contributed by atoms with Crippen molar-refractivity contribution in [1.29, 1.82) is 0 Å². The lowest BCUT2D eigenvalue weighted by Gasteiger charge is -2.08. The number of hydrogen-bond acceptors (Lipinski definition) is 2. The SMILES string of the molecule is O=S(=O)(Cl)c1cc(-c2cc(Cl)c(Cl)c(Cl)c2)ccc1Cl. The van der Waals surface area contributed by atoms with Crippen molar-refractivity contribution in [3.8, 4) is 11.1 Å². The second kappa shape index (κ2) is 5.91. The molecular formula is C12H5Cl5O2S. The van der Waals surface area contributed by atoms with E-state index in [1.807, 2.05) is 0 Å². The van der Waals surface area contributed by atoms with Crippen LogP contribution in [-0.2, 0) is 9.05 Å². The highest BCUT2D eigenvalue weighted by Gasteiger charge is 2.16. The van der Waals surface area contributed by atoms with E-state index in [2.05, 4.69) is 0 Å². The largest absolute Gasteiger partial charge is 0.262 e. The van der Waals surface area contributed by atoms with Crippen LogP contribution < -0.4 is 0 Å². The standard InChI is InChI=1S/C12H5Cl5O2S/c13-8-2-1-6(5-11(8)20(17,18)19)7-3-9(14)12(16)10(15)4-7/h1-5H. The van der Waals surface area contributed by atoms with E-state index in [4.69, 9.17) is 57.1 Å². The van der Waals surface area contributed by atoms with E-state index in [-0.39, 0.29) is 25.0 Å². The molecule has 2 nitrogen and oxygen atoms in total. The van der Waals surface area contributed by atoms with Gasteiger partial charge in [-0.05, 0) is 35.4 Å². The van der Waals surface area contributed by atoms with Gasteiger partial charge in [0.2, 0.25) is 0 Å². The zero-order valence-electron chi connectivity index (χ0n) is 9.50. The first-order valence-electron chi connectivity index (χ1n) is 5.09. The molecule has 0 spiro atoms. The summed E-state index contributed by atoms with van der Waals surface area (Å²) in [7, 11) is 1.38. The summed E-state index contributed by atoms with van der Waals surface area (Å²) in [5.41, 5.74) is 1.15. The molecule has 0 fully saturated rings. The molecule has 2 rings (SSSR count). The minimum Gasteiger partial charge on any atom is -0.207 e. The Morgan fingerprint density at radius 1 is 0.750 bits per heavy atom. The molecular weight excluding hydrogens is 385 g/mol. The normalized spacial score (nSPS) is 11.7. The van der Waals surface area contributed by atoms with Crippen LogP contribution in [0.25, 0.3) is 11.1 Å². The first-order chi connectivity index (χ1) is 9.20. The maximum absolute atomic E-state index is 11.4. The van der Waals surface area contributed by atoms with Gasteiger partial charge in [0.25, 0.3) is 9.05 Å². The van der Waals surface area contributed by atoms with Crippen molar-refractivity contribution in [2.75, 3.05) is 0 Å². The van der Waals surface area contributed by atoms with Gasteiger partial charge >= 0.3 is 0 Å². The van der Waals surface area contributed by atoms with Crippen LogP contribution >= 0.6 is 57.1 Å². The fourth-order valence-corrected chi connectivity index (χ4v) is 3.68. The summed E-state index contributed by atoms with van der Waals surface area (Å²) < 4.78 is 22.9. The molecule has 106 valence electrons. The molecule has 0 bridgehead atoms. The van der Waals surface area contributed by atoms with Crippen LogP contribution in [-0.4, -0.2) is 8.42 Å². The minimum absolute atomic E-state index is 0.0370. The van der Waals surface area contributed by atoms with E-state index in [0.717, 1.165) is 0 Å². The van der Waals surface area contributed by atoms with Crippen LogP contribution in [0.3, 0.4) is 0 Å². The van der Waals surface area contributed by atoms with Crippen molar-refractivity contribution in [2.45, 2.75) is 4.90 Å².